The summed E-state index contributed by atoms with van der Waals surface area (Å²) in [6.07, 6.45) is 1.61. The van der Waals surface area contributed by atoms with Crippen molar-refractivity contribution >= 4 is 11.8 Å². The van der Waals surface area contributed by atoms with Gasteiger partial charge in [0.1, 0.15) is 0 Å². The number of aliphatic hydroxyl groups is 2. The molecule has 2 rings (SSSR count). The average molecular weight is 309 g/mol. The summed E-state index contributed by atoms with van der Waals surface area (Å²) >= 11 is 1.78. The molecule has 3 nitrogen and oxygen atoms in total. The topological polar surface area (TPSA) is 52.5 Å². The molecule has 4 atom stereocenters. The minimum Gasteiger partial charge on any atom is -0.394 e. The van der Waals surface area contributed by atoms with Crippen LogP contribution in [0.5, 0.6) is 0 Å². The van der Waals surface area contributed by atoms with Crippen molar-refractivity contribution in [2.45, 2.75) is 50.0 Å². The Kier molecular flexibility index (Phi) is 6.55. The Bertz CT molecular complexity index is 441. The molecule has 1 aromatic carbocycles. The largest absolute Gasteiger partial charge is 0.394 e. The van der Waals surface area contributed by atoms with Crippen molar-refractivity contribution in [1.29, 1.82) is 0 Å². The van der Waals surface area contributed by atoms with Gasteiger partial charge in [-0.05, 0) is 36.4 Å². The van der Waals surface area contributed by atoms with E-state index in [0.29, 0.717) is 23.0 Å². The third-order valence-corrected chi connectivity index (χ3v) is 5.62. The fourth-order valence-electron chi connectivity index (χ4n) is 3.05. The molecule has 3 N–H and O–H groups in total. The van der Waals surface area contributed by atoms with Gasteiger partial charge in [0.25, 0.3) is 0 Å². The normalized spacial score (nSPS) is 26.4. The number of hydrogen-bond donors (Lipinski definition) is 3. The maximum atomic E-state index is 9.62. The number of hydrogen-bond acceptors (Lipinski definition) is 4. The predicted molar refractivity (Wildman–Crippen MR) is 89.8 cm³/mol. The zero-order valence-corrected chi connectivity index (χ0v) is 13.8. The summed E-state index contributed by atoms with van der Waals surface area (Å²) in [5, 5.41) is 22.7. The summed E-state index contributed by atoms with van der Waals surface area (Å²) in [4.78, 5) is 0. The third-order valence-electron chi connectivity index (χ3n) is 4.15. The van der Waals surface area contributed by atoms with E-state index < -0.39 is 6.10 Å². The highest BCUT2D eigenvalue weighted by atomic mass is 32.2. The second-order valence-electron chi connectivity index (χ2n) is 5.91. The van der Waals surface area contributed by atoms with Crippen LogP contribution in [0, 0.1) is 0 Å². The molecular weight excluding hydrogens is 282 g/mol. The zero-order valence-electron chi connectivity index (χ0n) is 13.0. The van der Waals surface area contributed by atoms with E-state index >= 15 is 0 Å². The Morgan fingerprint density at radius 3 is 2.71 bits per heavy atom. The van der Waals surface area contributed by atoms with Crippen molar-refractivity contribution in [3.05, 3.63) is 35.4 Å². The van der Waals surface area contributed by atoms with E-state index in [1.54, 1.807) is 11.8 Å². The Labute approximate surface area is 132 Å². The van der Waals surface area contributed by atoms with E-state index in [9.17, 15) is 5.11 Å². The second-order valence-corrected chi connectivity index (χ2v) is 7.18. The van der Waals surface area contributed by atoms with E-state index in [4.69, 9.17) is 5.11 Å². The minimum absolute atomic E-state index is 0.154. The summed E-state index contributed by atoms with van der Waals surface area (Å²) < 4.78 is 0. The number of nitrogens with one attached hydrogen (secondary N) is 1. The van der Waals surface area contributed by atoms with E-state index in [1.165, 1.54) is 11.1 Å². The maximum Gasteiger partial charge on any atom is 0.0861 e. The molecule has 0 saturated heterocycles. The Balaban J connectivity index is 2.15. The molecule has 4 unspecified atom stereocenters. The first-order valence-electron chi connectivity index (χ1n) is 7.90. The Hall–Kier alpha value is -0.550. The molecule has 0 aliphatic heterocycles. The molecule has 0 radical (unpaired) electrons. The van der Waals surface area contributed by atoms with Gasteiger partial charge in [0.15, 0.2) is 0 Å². The van der Waals surface area contributed by atoms with Crippen LogP contribution < -0.4 is 5.32 Å². The lowest BCUT2D eigenvalue weighted by atomic mass is 9.80. The molecule has 0 saturated carbocycles. The van der Waals surface area contributed by atoms with Crippen molar-refractivity contribution in [1.82, 2.24) is 5.32 Å². The van der Waals surface area contributed by atoms with Crippen molar-refractivity contribution in [2.75, 3.05) is 18.9 Å². The smallest absolute Gasteiger partial charge is 0.0861 e. The van der Waals surface area contributed by atoms with E-state index in [1.807, 2.05) is 0 Å². The van der Waals surface area contributed by atoms with Gasteiger partial charge in [-0.15, -0.1) is 0 Å². The number of benzene rings is 1. The lowest BCUT2D eigenvalue weighted by molar-refractivity contribution is 0.113. The van der Waals surface area contributed by atoms with Crippen LogP contribution in [0.4, 0.5) is 0 Å². The molecule has 0 spiro atoms. The fraction of sp³-hybridized carbons (Fsp3) is 0.647. The van der Waals surface area contributed by atoms with Crippen LogP contribution in [0.15, 0.2) is 24.3 Å². The van der Waals surface area contributed by atoms with Gasteiger partial charge in [-0.25, -0.2) is 0 Å². The van der Waals surface area contributed by atoms with Crippen molar-refractivity contribution in [2.24, 2.45) is 0 Å². The first kappa shape index (κ1) is 16.8. The summed E-state index contributed by atoms with van der Waals surface area (Å²) in [6.45, 7) is 5.32. The van der Waals surface area contributed by atoms with Gasteiger partial charge < -0.3 is 15.5 Å². The quantitative estimate of drug-likeness (QED) is 0.725. The number of aliphatic hydroxyl groups excluding tert-OH is 2. The molecule has 1 aromatic rings. The summed E-state index contributed by atoms with van der Waals surface area (Å²) in [5.41, 5.74) is 2.85. The van der Waals surface area contributed by atoms with Crippen molar-refractivity contribution in [3.8, 4) is 0 Å². The zero-order chi connectivity index (χ0) is 15.2. The predicted octanol–water partition coefficient (Wildman–Crippen LogP) is 2.69. The van der Waals surface area contributed by atoms with Crippen molar-refractivity contribution in [3.63, 3.8) is 0 Å². The Morgan fingerprint density at radius 1 is 1.33 bits per heavy atom. The number of rotatable bonds is 7. The van der Waals surface area contributed by atoms with Gasteiger partial charge in [0.2, 0.25) is 0 Å². The molecule has 0 fully saturated rings. The van der Waals surface area contributed by atoms with E-state index in [-0.39, 0.29) is 6.61 Å². The molecule has 0 bridgehead atoms. The highest BCUT2D eigenvalue weighted by Gasteiger charge is 2.33. The molecule has 118 valence electrons. The summed E-state index contributed by atoms with van der Waals surface area (Å²) in [6, 6.07) is 9.04. The highest BCUT2D eigenvalue weighted by molar-refractivity contribution is 8.00. The standard InChI is InChI=1S/C17H27NO2S/c1-3-8-18-17-15-7-5-4-6-14(15)12(2)9-16(17)21-11-13(20)10-19/h4-7,12-13,16-20H,3,8-11H2,1-2H3. The van der Waals surface area contributed by atoms with Gasteiger partial charge in [0.05, 0.1) is 12.7 Å². The number of fused-ring (bicyclic) bond motifs is 1. The van der Waals surface area contributed by atoms with Crippen LogP contribution in [0.2, 0.25) is 0 Å². The van der Waals surface area contributed by atoms with Crippen LogP contribution in [-0.4, -0.2) is 40.5 Å². The average Bonchev–Trinajstić information content (AvgIpc) is 2.52. The summed E-state index contributed by atoms with van der Waals surface area (Å²) in [5.74, 6) is 1.14. The molecule has 21 heavy (non-hydrogen) atoms. The minimum atomic E-state index is -0.616. The van der Waals surface area contributed by atoms with Gasteiger partial charge in [-0.3, -0.25) is 0 Å². The molecule has 1 aliphatic carbocycles. The van der Waals surface area contributed by atoms with Gasteiger partial charge in [0, 0.05) is 17.0 Å². The molecule has 0 heterocycles. The molecule has 0 amide bonds. The lowest BCUT2D eigenvalue weighted by Crippen LogP contribution is -2.36. The van der Waals surface area contributed by atoms with Crippen LogP contribution in [0.1, 0.15) is 49.8 Å². The van der Waals surface area contributed by atoms with Crippen LogP contribution in [0.3, 0.4) is 0 Å². The maximum absolute atomic E-state index is 9.62. The van der Waals surface area contributed by atoms with Crippen LogP contribution in [-0.2, 0) is 0 Å². The van der Waals surface area contributed by atoms with E-state index in [0.717, 1.165) is 19.4 Å². The van der Waals surface area contributed by atoms with Crippen LogP contribution in [0.25, 0.3) is 0 Å². The number of thioether (sulfide) groups is 1. The van der Waals surface area contributed by atoms with Gasteiger partial charge >= 0.3 is 0 Å². The third kappa shape index (κ3) is 4.22. The van der Waals surface area contributed by atoms with Gasteiger partial charge in [-0.2, -0.15) is 11.8 Å². The fourth-order valence-corrected chi connectivity index (χ4v) is 4.48. The summed E-state index contributed by atoms with van der Waals surface area (Å²) in [7, 11) is 0. The molecule has 0 aromatic heterocycles. The SMILES string of the molecule is CCCNC1c2ccccc2C(C)CC1SCC(O)CO. The first-order valence-corrected chi connectivity index (χ1v) is 8.95. The first-order chi connectivity index (χ1) is 10.2. The lowest BCUT2D eigenvalue weighted by Gasteiger charge is -2.37. The molecule has 4 heteroatoms. The second kappa shape index (κ2) is 8.18. The monoisotopic (exact) mass is 309 g/mol. The van der Waals surface area contributed by atoms with Gasteiger partial charge in [-0.1, -0.05) is 38.1 Å². The van der Waals surface area contributed by atoms with E-state index in [2.05, 4.69) is 43.4 Å². The molecular formula is C17H27NO2S. The van der Waals surface area contributed by atoms with Crippen LogP contribution >= 0.6 is 11.8 Å². The molecule has 1 aliphatic rings. The van der Waals surface area contributed by atoms with Crippen molar-refractivity contribution < 1.29 is 10.2 Å². The Morgan fingerprint density at radius 2 is 2.05 bits per heavy atom. The highest BCUT2D eigenvalue weighted by Crippen LogP contribution is 2.42.